The molecule has 0 spiro atoms. The Morgan fingerprint density at radius 1 is 1.27 bits per heavy atom. The van der Waals surface area contributed by atoms with E-state index in [0.29, 0.717) is 26.2 Å². The second-order valence-corrected chi connectivity index (χ2v) is 6.20. The quantitative estimate of drug-likeness (QED) is 0.878. The van der Waals surface area contributed by atoms with Crippen LogP contribution >= 0.6 is 0 Å². The van der Waals surface area contributed by atoms with Gasteiger partial charge in [0.2, 0.25) is 0 Å². The molecule has 2 aromatic carbocycles. The molecule has 4 rings (SSSR count). The van der Waals surface area contributed by atoms with Gasteiger partial charge in [-0.15, -0.1) is 0 Å². The molecule has 1 amide bonds. The number of hydrogen-bond acceptors (Lipinski definition) is 3. The fourth-order valence-electron chi connectivity index (χ4n) is 3.65. The van der Waals surface area contributed by atoms with Crippen molar-refractivity contribution in [2.75, 3.05) is 13.2 Å². The number of carbonyl (C=O) groups is 1. The molecule has 0 saturated carbocycles. The lowest BCUT2D eigenvalue weighted by atomic mass is 9.97. The SMILES string of the molecule is Cc1cc2c(c3ccccc13)CN(C1COCCC1O)C2=O. The Hall–Kier alpha value is -1.91. The topological polar surface area (TPSA) is 49.8 Å². The van der Waals surface area contributed by atoms with E-state index in [1.54, 1.807) is 4.90 Å². The maximum absolute atomic E-state index is 12.8. The molecule has 114 valence electrons. The third kappa shape index (κ3) is 1.95. The Morgan fingerprint density at radius 3 is 2.82 bits per heavy atom. The van der Waals surface area contributed by atoms with Gasteiger partial charge >= 0.3 is 0 Å². The van der Waals surface area contributed by atoms with E-state index in [2.05, 4.69) is 12.1 Å². The molecule has 1 saturated heterocycles. The van der Waals surface area contributed by atoms with Crippen LogP contribution in [-0.2, 0) is 11.3 Å². The first-order chi connectivity index (χ1) is 10.7. The summed E-state index contributed by atoms with van der Waals surface area (Å²) < 4.78 is 5.47. The van der Waals surface area contributed by atoms with Gasteiger partial charge in [0.1, 0.15) is 0 Å². The van der Waals surface area contributed by atoms with Crippen LogP contribution in [0.2, 0.25) is 0 Å². The molecular weight excluding hydrogens is 278 g/mol. The molecule has 22 heavy (non-hydrogen) atoms. The van der Waals surface area contributed by atoms with Gasteiger partial charge in [-0.1, -0.05) is 24.3 Å². The van der Waals surface area contributed by atoms with E-state index in [4.69, 9.17) is 4.74 Å². The van der Waals surface area contributed by atoms with Gasteiger partial charge in [-0.25, -0.2) is 0 Å². The summed E-state index contributed by atoms with van der Waals surface area (Å²) in [6.07, 6.45) is 0.0873. The molecule has 2 aromatic rings. The lowest BCUT2D eigenvalue weighted by Gasteiger charge is -2.34. The van der Waals surface area contributed by atoms with Gasteiger partial charge in [-0.05, 0) is 41.3 Å². The highest BCUT2D eigenvalue weighted by atomic mass is 16.5. The van der Waals surface area contributed by atoms with Crippen molar-refractivity contribution in [2.24, 2.45) is 0 Å². The number of benzene rings is 2. The second-order valence-electron chi connectivity index (χ2n) is 6.20. The highest BCUT2D eigenvalue weighted by Gasteiger charge is 2.38. The predicted molar refractivity (Wildman–Crippen MR) is 83.8 cm³/mol. The average molecular weight is 297 g/mol. The van der Waals surface area contributed by atoms with Crippen LogP contribution in [0.5, 0.6) is 0 Å². The number of amides is 1. The standard InChI is InChI=1S/C18H19NO3/c1-11-8-14-15(13-5-3-2-4-12(11)13)9-19(18(14)21)16-10-22-7-6-17(16)20/h2-5,8,16-17,20H,6-7,9-10H2,1H3. The largest absolute Gasteiger partial charge is 0.391 e. The van der Waals surface area contributed by atoms with Gasteiger partial charge in [-0.2, -0.15) is 0 Å². The van der Waals surface area contributed by atoms with Crippen LogP contribution < -0.4 is 0 Å². The van der Waals surface area contributed by atoms with Crippen molar-refractivity contribution in [3.8, 4) is 0 Å². The van der Waals surface area contributed by atoms with Crippen molar-refractivity contribution in [3.05, 3.63) is 47.0 Å². The Kier molecular flexibility index (Phi) is 3.17. The summed E-state index contributed by atoms with van der Waals surface area (Å²) in [5.41, 5.74) is 2.96. The molecule has 0 aliphatic carbocycles. The summed E-state index contributed by atoms with van der Waals surface area (Å²) >= 11 is 0. The fourth-order valence-corrected chi connectivity index (χ4v) is 3.65. The summed E-state index contributed by atoms with van der Waals surface area (Å²) in [5, 5.41) is 12.5. The van der Waals surface area contributed by atoms with E-state index < -0.39 is 6.10 Å². The fraction of sp³-hybridized carbons (Fsp3) is 0.389. The normalized spacial score (nSPS) is 24.8. The number of carbonyl (C=O) groups excluding carboxylic acids is 1. The molecule has 1 N–H and O–H groups in total. The van der Waals surface area contributed by atoms with Gasteiger partial charge < -0.3 is 14.7 Å². The molecule has 2 heterocycles. The highest BCUT2D eigenvalue weighted by Crippen LogP contribution is 2.34. The zero-order chi connectivity index (χ0) is 15.3. The van der Waals surface area contributed by atoms with Gasteiger partial charge in [0.05, 0.1) is 18.8 Å². The molecule has 2 aliphatic heterocycles. The van der Waals surface area contributed by atoms with Gasteiger partial charge in [0.25, 0.3) is 5.91 Å². The third-order valence-electron chi connectivity index (χ3n) is 4.87. The number of aliphatic hydroxyl groups excluding tert-OH is 1. The molecule has 1 fully saturated rings. The van der Waals surface area contributed by atoms with Crippen molar-refractivity contribution in [1.82, 2.24) is 4.90 Å². The molecule has 2 atom stereocenters. The van der Waals surface area contributed by atoms with E-state index in [0.717, 1.165) is 22.1 Å². The van der Waals surface area contributed by atoms with E-state index in [1.165, 1.54) is 5.39 Å². The number of fused-ring (bicyclic) bond motifs is 3. The zero-order valence-corrected chi connectivity index (χ0v) is 12.6. The number of hydrogen-bond donors (Lipinski definition) is 1. The van der Waals surface area contributed by atoms with Gasteiger partial charge in [0.15, 0.2) is 0 Å². The maximum atomic E-state index is 12.8. The summed E-state index contributed by atoms with van der Waals surface area (Å²) in [4.78, 5) is 14.6. The zero-order valence-electron chi connectivity index (χ0n) is 12.6. The average Bonchev–Trinajstić information content (AvgIpc) is 2.86. The Bertz CT molecular complexity index is 755. The van der Waals surface area contributed by atoms with E-state index in [1.807, 2.05) is 25.1 Å². The Morgan fingerprint density at radius 2 is 2.05 bits per heavy atom. The lowest BCUT2D eigenvalue weighted by molar-refractivity contribution is -0.0528. The minimum atomic E-state index is -0.501. The van der Waals surface area contributed by atoms with Crippen LogP contribution in [0.15, 0.2) is 30.3 Å². The summed E-state index contributed by atoms with van der Waals surface area (Å²) in [7, 11) is 0. The maximum Gasteiger partial charge on any atom is 0.254 e. The minimum Gasteiger partial charge on any atom is -0.391 e. The smallest absolute Gasteiger partial charge is 0.254 e. The summed E-state index contributed by atoms with van der Waals surface area (Å²) in [6, 6.07) is 9.94. The molecule has 4 heteroatoms. The number of rotatable bonds is 1. The van der Waals surface area contributed by atoms with Crippen molar-refractivity contribution in [2.45, 2.75) is 32.0 Å². The minimum absolute atomic E-state index is 0.0124. The van der Waals surface area contributed by atoms with Crippen molar-refractivity contribution in [3.63, 3.8) is 0 Å². The number of ether oxygens (including phenoxy) is 1. The Balaban J connectivity index is 1.79. The molecule has 0 aromatic heterocycles. The number of nitrogens with zero attached hydrogens (tertiary/aromatic N) is 1. The van der Waals surface area contributed by atoms with Crippen LogP contribution in [-0.4, -0.2) is 41.3 Å². The van der Waals surface area contributed by atoms with Crippen molar-refractivity contribution in [1.29, 1.82) is 0 Å². The third-order valence-corrected chi connectivity index (χ3v) is 4.87. The highest BCUT2D eigenvalue weighted by molar-refractivity contribution is 6.05. The van der Waals surface area contributed by atoms with E-state index in [9.17, 15) is 9.90 Å². The first kappa shape index (κ1) is 13.7. The number of aryl methyl sites for hydroxylation is 1. The monoisotopic (exact) mass is 297 g/mol. The van der Waals surface area contributed by atoms with Gasteiger partial charge in [-0.3, -0.25) is 4.79 Å². The summed E-state index contributed by atoms with van der Waals surface area (Å²) in [6.45, 7) is 3.57. The van der Waals surface area contributed by atoms with E-state index in [-0.39, 0.29) is 11.9 Å². The van der Waals surface area contributed by atoms with E-state index >= 15 is 0 Å². The van der Waals surface area contributed by atoms with Crippen LogP contribution in [0.1, 0.15) is 27.9 Å². The van der Waals surface area contributed by atoms with Crippen LogP contribution in [0, 0.1) is 6.92 Å². The first-order valence-electron chi connectivity index (χ1n) is 7.75. The molecule has 0 radical (unpaired) electrons. The number of aliphatic hydroxyl groups is 1. The summed E-state index contributed by atoms with van der Waals surface area (Å²) in [5.74, 6) is 0.0124. The first-order valence-corrected chi connectivity index (χ1v) is 7.75. The molecular formula is C18H19NO3. The predicted octanol–water partition coefficient (Wildman–Crippen LogP) is 2.25. The molecule has 2 unspecified atom stereocenters. The van der Waals surface area contributed by atoms with Crippen molar-refractivity contribution < 1.29 is 14.6 Å². The van der Waals surface area contributed by atoms with Crippen LogP contribution in [0.3, 0.4) is 0 Å². The molecule has 0 bridgehead atoms. The second kappa shape index (κ2) is 5.07. The van der Waals surface area contributed by atoms with Crippen LogP contribution in [0.4, 0.5) is 0 Å². The molecule has 4 nitrogen and oxygen atoms in total. The van der Waals surface area contributed by atoms with Gasteiger partial charge in [0, 0.05) is 18.7 Å². The Labute approximate surface area is 129 Å². The van der Waals surface area contributed by atoms with Crippen molar-refractivity contribution >= 4 is 16.7 Å². The van der Waals surface area contributed by atoms with Crippen LogP contribution in [0.25, 0.3) is 10.8 Å². The molecule has 2 aliphatic rings. The lowest BCUT2D eigenvalue weighted by Crippen LogP contribution is -2.49.